The summed E-state index contributed by atoms with van der Waals surface area (Å²) in [4.78, 5) is 41.0. The minimum absolute atomic E-state index is 0.0775. The van der Waals surface area contributed by atoms with Crippen LogP contribution in [0.4, 0.5) is 0 Å². The van der Waals surface area contributed by atoms with E-state index >= 15 is 0 Å². The fourth-order valence-corrected chi connectivity index (χ4v) is 5.02. The first kappa shape index (κ1) is 34.2. The van der Waals surface area contributed by atoms with Gasteiger partial charge in [-0.2, -0.15) is 12.6 Å². The number of aryl methyl sites for hydroxylation is 2. The molecule has 4 bridgehead atoms. The number of carbonyl (C=O) groups excluding carboxylic acids is 3. The van der Waals surface area contributed by atoms with Crippen molar-refractivity contribution in [2.75, 3.05) is 26.0 Å². The molecule has 3 atom stereocenters. The van der Waals surface area contributed by atoms with Crippen LogP contribution >= 0.6 is 12.6 Å². The molecule has 8 nitrogen and oxygen atoms in total. The Bertz CT molecular complexity index is 1100. The molecule has 41 heavy (non-hydrogen) atoms. The molecule has 0 aromatic heterocycles. The van der Waals surface area contributed by atoms with Crippen molar-refractivity contribution in [3.63, 3.8) is 0 Å². The third-order valence-corrected chi connectivity index (χ3v) is 7.37. The number of fused-ring (bicyclic) bond motifs is 4. The lowest BCUT2D eigenvalue weighted by molar-refractivity contribution is -0.136. The van der Waals surface area contributed by atoms with Crippen molar-refractivity contribution in [2.45, 2.75) is 77.9 Å². The molecule has 2 unspecified atom stereocenters. The van der Waals surface area contributed by atoms with Gasteiger partial charge in [0.15, 0.2) is 0 Å². The van der Waals surface area contributed by atoms with E-state index in [2.05, 4.69) is 23.3 Å². The number of amides is 3. The molecule has 4 rings (SSSR count). The average molecular weight is 585 g/mol. The molecule has 0 saturated carbocycles. The second-order valence-electron chi connectivity index (χ2n) is 10.2. The number of piperidine rings is 1. The maximum atomic E-state index is 13.2. The van der Waals surface area contributed by atoms with Crippen LogP contribution in [0.15, 0.2) is 48.5 Å². The highest BCUT2D eigenvalue weighted by molar-refractivity contribution is 7.79. The van der Waals surface area contributed by atoms with E-state index in [4.69, 9.17) is 10.5 Å². The molecule has 0 aliphatic carbocycles. The van der Waals surface area contributed by atoms with Gasteiger partial charge in [0.25, 0.3) is 0 Å². The second-order valence-corrected chi connectivity index (χ2v) is 10.2. The predicted octanol–water partition coefficient (Wildman–Crippen LogP) is 4.04. The third-order valence-electron chi connectivity index (χ3n) is 7.37. The van der Waals surface area contributed by atoms with Crippen molar-refractivity contribution in [1.29, 1.82) is 0 Å². The van der Waals surface area contributed by atoms with E-state index in [0.717, 1.165) is 41.7 Å². The summed E-state index contributed by atoms with van der Waals surface area (Å²) in [5.74, 6) is 0.229. The van der Waals surface area contributed by atoms with Crippen LogP contribution in [-0.2, 0) is 27.3 Å². The van der Waals surface area contributed by atoms with Crippen LogP contribution in [0.5, 0.6) is 5.75 Å². The van der Waals surface area contributed by atoms with Crippen LogP contribution in [-0.4, -0.2) is 60.7 Å². The van der Waals surface area contributed by atoms with Crippen LogP contribution in [0, 0.1) is 12.8 Å². The summed E-state index contributed by atoms with van der Waals surface area (Å²) < 4.78 is 6.04. The lowest BCUT2D eigenvalue weighted by atomic mass is 9.94. The summed E-state index contributed by atoms with van der Waals surface area (Å²) in [5.41, 5.74) is 9.24. The molecule has 2 aromatic carbocycles. The minimum Gasteiger partial charge on any atom is -0.494 e. The smallest absolute Gasteiger partial charge is 0.242 e. The van der Waals surface area contributed by atoms with E-state index in [1.807, 2.05) is 74.2 Å². The predicted molar refractivity (Wildman–Crippen MR) is 168 cm³/mol. The number of benzene rings is 2. The van der Waals surface area contributed by atoms with Crippen LogP contribution in [0.25, 0.3) is 0 Å². The van der Waals surface area contributed by atoms with Gasteiger partial charge in [0.05, 0.1) is 19.1 Å². The summed E-state index contributed by atoms with van der Waals surface area (Å²) in [7, 11) is 0. The van der Waals surface area contributed by atoms with Gasteiger partial charge < -0.3 is 26.0 Å². The van der Waals surface area contributed by atoms with Crippen molar-refractivity contribution < 1.29 is 19.1 Å². The van der Waals surface area contributed by atoms with Crippen LogP contribution < -0.4 is 21.1 Å². The van der Waals surface area contributed by atoms with Gasteiger partial charge in [-0.15, -0.1) is 0 Å². The molecular weight excluding hydrogens is 536 g/mol. The van der Waals surface area contributed by atoms with E-state index in [0.29, 0.717) is 45.0 Å². The molecular formula is C32H48N4O4S. The zero-order chi connectivity index (χ0) is 30.2. The molecule has 0 radical (unpaired) electrons. The quantitative estimate of drug-likeness (QED) is 0.407. The third kappa shape index (κ3) is 11.0. The highest BCUT2D eigenvalue weighted by Crippen LogP contribution is 2.23. The number of nitrogens with one attached hydrogen (secondary N) is 2. The summed E-state index contributed by atoms with van der Waals surface area (Å²) >= 11 is 3.53. The Morgan fingerprint density at radius 1 is 1.02 bits per heavy atom. The van der Waals surface area contributed by atoms with E-state index in [1.165, 1.54) is 0 Å². The molecule has 3 amide bonds. The van der Waals surface area contributed by atoms with Gasteiger partial charge >= 0.3 is 0 Å². The van der Waals surface area contributed by atoms with Gasteiger partial charge in [0, 0.05) is 19.6 Å². The molecule has 2 aliphatic rings. The number of rotatable bonds is 3. The van der Waals surface area contributed by atoms with Crippen molar-refractivity contribution in [3.05, 3.63) is 65.2 Å². The molecule has 2 aromatic rings. The Labute approximate surface area is 251 Å². The second kappa shape index (κ2) is 18.4. The molecule has 1 saturated heterocycles. The first-order valence-corrected chi connectivity index (χ1v) is 15.6. The lowest BCUT2D eigenvalue weighted by Crippen LogP contribution is -2.53. The first-order chi connectivity index (χ1) is 19.9. The summed E-state index contributed by atoms with van der Waals surface area (Å²) in [6.07, 6.45) is 5.47. The van der Waals surface area contributed by atoms with Crippen molar-refractivity contribution in [3.8, 4) is 5.75 Å². The number of hydrogen-bond donors (Lipinski definition) is 4. The molecule has 4 N–H and O–H groups in total. The number of thiol groups is 1. The van der Waals surface area contributed by atoms with E-state index in [9.17, 15) is 14.4 Å². The van der Waals surface area contributed by atoms with Gasteiger partial charge in [-0.25, -0.2) is 0 Å². The molecule has 2 heterocycles. The Morgan fingerprint density at radius 3 is 2.49 bits per heavy atom. The molecule has 2 aliphatic heterocycles. The molecule has 226 valence electrons. The fraction of sp³-hybridized carbons (Fsp3) is 0.531. The largest absolute Gasteiger partial charge is 0.494 e. The van der Waals surface area contributed by atoms with Gasteiger partial charge in [-0.05, 0) is 80.0 Å². The highest BCUT2D eigenvalue weighted by Gasteiger charge is 2.29. The van der Waals surface area contributed by atoms with E-state index in [-0.39, 0.29) is 18.2 Å². The minimum atomic E-state index is -1.01. The normalized spacial score (nSPS) is 21.8. The van der Waals surface area contributed by atoms with Gasteiger partial charge in [-0.3, -0.25) is 14.4 Å². The number of carbonyl (C=O) groups is 3. The van der Waals surface area contributed by atoms with Crippen LogP contribution in [0.3, 0.4) is 0 Å². The first-order valence-electron chi connectivity index (χ1n) is 14.7. The number of nitrogens with two attached hydrogens (primary N) is 1. The molecule has 1 fully saturated rings. The molecule has 0 spiro atoms. The Balaban J connectivity index is 0.00000141. The van der Waals surface area contributed by atoms with Gasteiger partial charge in [0.2, 0.25) is 17.7 Å². The average Bonchev–Trinajstić information content (AvgIpc) is 3.01. The Morgan fingerprint density at radius 2 is 1.76 bits per heavy atom. The van der Waals surface area contributed by atoms with Gasteiger partial charge in [-0.1, -0.05) is 50.2 Å². The fourth-order valence-electron chi connectivity index (χ4n) is 5.02. The summed E-state index contributed by atoms with van der Waals surface area (Å²) in [5, 5.41) is 5.79. The number of nitrogens with zero attached hydrogens (tertiary/aromatic N) is 1. The highest BCUT2D eigenvalue weighted by atomic mass is 32.1. The SMILES string of the molecule is CC.CS.Cc1ccc2cc1CNC(=O)C(CCc1ccccc1)NC(=O)[C@@H](N)CC(=O)N1CCCC(CCO2)C1. The van der Waals surface area contributed by atoms with E-state index in [1.54, 1.807) is 6.26 Å². The van der Waals surface area contributed by atoms with Crippen molar-refractivity contribution >= 4 is 30.4 Å². The standard InChI is InChI=1S/C29H38N4O4.C2H6.CH4S/c1-20-9-11-24-16-23(20)18-31-29(36)26(12-10-21-6-3-2-4-7-21)32-28(35)25(30)17-27(34)33-14-5-8-22(19-33)13-15-37-24;2*1-2/h2-4,6-7,9,11,16,22,25-26H,5,8,10,12-15,17-19,30H2,1H3,(H,31,36)(H,32,35);1-2H3;2H,1H3/t22?,25-,26?;;/m0../s1. The summed E-state index contributed by atoms with van der Waals surface area (Å²) in [6, 6.07) is 13.9. The van der Waals surface area contributed by atoms with E-state index < -0.39 is 18.0 Å². The van der Waals surface area contributed by atoms with Crippen LogP contribution in [0.1, 0.15) is 62.6 Å². The zero-order valence-corrected chi connectivity index (χ0v) is 25.9. The van der Waals surface area contributed by atoms with Crippen molar-refractivity contribution in [2.24, 2.45) is 11.7 Å². The van der Waals surface area contributed by atoms with Crippen molar-refractivity contribution in [1.82, 2.24) is 15.5 Å². The Kier molecular flexibility index (Phi) is 15.3. The number of hydrogen-bond acceptors (Lipinski definition) is 6. The topological polar surface area (TPSA) is 114 Å². The lowest BCUT2D eigenvalue weighted by Gasteiger charge is -2.33. The number of ether oxygens (including phenoxy) is 1. The maximum Gasteiger partial charge on any atom is 0.242 e. The van der Waals surface area contributed by atoms with Gasteiger partial charge in [0.1, 0.15) is 11.8 Å². The maximum absolute atomic E-state index is 13.2. The Hall–Kier alpha value is -3.04. The molecule has 9 heteroatoms. The zero-order valence-electron chi connectivity index (χ0n) is 25.0. The van der Waals surface area contributed by atoms with Crippen LogP contribution in [0.2, 0.25) is 0 Å². The monoisotopic (exact) mass is 584 g/mol. The summed E-state index contributed by atoms with van der Waals surface area (Å²) in [6.45, 7) is 8.21.